The molecule has 0 radical (unpaired) electrons. The maximum absolute atomic E-state index is 12.8. The van der Waals surface area contributed by atoms with Crippen LogP contribution in [0.5, 0.6) is 0 Å². The first-order valence-electron chi connectivity index (χ1n) is 9.05. The summed E-state index contributed by atoms with van der Waals surface area (Å²) in [5.74, 6) is -0.0858. The van der Waals surface area contributed by atoms with E-state index in [9.17, 15) is 13.2 Å². The number of sulfone groups is 1. The Kier molecular flexibility index (Phi) is 4.84. The van der Waals surface area contributed by atoms with Crippen molar-refractivity contribution in [2.75, 3.05) is 16.8 Å². The van der Waals surface area contributed by atoms with Gasteiger partial charge in [-0.25, -0.2) is 8.42 Å². The highest BCUT2D eigenvalue weighted by Gasteiger charge is 2.32. The zero-order valence-electron chi connectivity index (χ0n) is 15.7. The van der Waals surface area contributed by atoms with Gasteiger partial charge in [-0.1, -0.05) is 12.1 Å². The van der Waals surface area contributed by atoms with Crippen LogP contribution in [-0.2, 0) is 9.84 Å². The number of nitrogens with zero attached hydrogens (tertiary/aromatic N) is 2. The summed E-state index contributed by atoms with van der Waals surface area (Å²) in [5.41, 5.74) is 4.03. The Morgan fingerprint density at radius 3 is 2.68 bits per heavy atom. The molecule has 28 heavy (non-hydrogen) atoms. The summed E-state index contributed by atoms with van der Waals surface area (Å²) in [5, 5.41) is 9.34. The molecule has 0 aliphatic carbocycles. The van der Waals surface area contributed by atoms with Crippen LogP contribution in [0.2, 0.25) is 0 Å². The number of aryl methyl sites for hydroxylation is 2. The van der Waals surface area contributed by atoms with E-state index in [1.165, 1.54) is 11.3 Å². The Balaban J connectivity index is 1.67. The normalized spacial score (nSPS) is 18.3. The number of rotatable bonds is 4. The molecule has 1 aromatic carbocycles. The molecular formula is C20H21N3O3S2. The van der Waals surface area contributed by atoms with Crippen LogP contribution in [0, 0.1) is 13.8 Å². The van der Waals surface area contributed by atoms with Crippen molar-refractivity contribution in [3.63, 3.8) is 0 Å². The Labute approximate surface area is 168 Å². The fraction of sp³-hybridized carbons (Fsp3) is 0.300. The van der Waals surface area contributed by atoms with Crippen molar-refractivity contribution in [3.8, 4) is 10.6 Å². The highest BCUT2D eigenvalue weighted by Crippen LogP contribution is 2.32. The van der Waals surface area contributed by atoms with Crippen LogP contribution in [0.3, 0.4) is 0 Å². The number of amides is 1. The third-order valence-corrected chi connectivity index (χ3v) is 7.70. The number of carbonyl (C=O) groups excluding carboxylic acids is 1. The molecule has 1 atom stereocenters. The van der Waals surface area contributed by atoms with E-state index in [0.717, 1.165) is 21.7 Å². The molecule has 1 amide bonds. The van der Waals surface area contributed by atoms with E-state index in [-0.39, 0.29) is 29.1 Å². The van der Waals surface area contributed by atoms with Crippen molar-refractivity contribution < 1.29 is 13.2 Å². The second kappa shape index (κ2) is 7.18. The zero-order chi connectivity index (χ0) is 19.9. The Hall–Kier alpha value is -2.45. The van der Waals surface area contributed by atoms with E-state index in [4.69, 9.17) is 0 Å². The molecule has 3 aromatic rings. The molecule has 2 aromatic heterocycles. The Morgan fingerprint density at radius 2 is 2.04 bits per heavy atom. The smallest absolute Gasteiger partial charge is 0.276 e. The number of thiophene rings is 1. The maximum atomic E-state index is 12.8. The molecule has 1 aliphatic heterocycles. The van der Waals surface area contributed by atoms with Crippen LogP contribution in [0.25, 0.3) is 10.6 Å². The monoisotopic (exact) mass is 415 g/mol. The SMILES string of the molecule is Cc1ccc(NC(=O)c2cc(-c3cccs3)n(C3CCS(=O)(=O)C3)n2)cc1C. The third-order valence-electron chi connectivity index (χ3n) is 5.06. The summed E-state index contributed by atoms with van der Waals surface area (Å²) in [6, 6.07) is 11.1. The predicted molar refractivity (Wildman–Crippen MR) is 112 cm³/mol. The molecule has 1 saturated heterocycles. The summed E-state index contributed by atoms with van der Waals surface area (Å²) >= 11 is 1.54. The van der Waals surface area contributed by atoms with Gasteiger partial charge in [-0.15, -0.1) is 11.3 Å². The lowest BCUT2D eigenvalue weighted by Gasteiger charge is -2.12. The summed E-state index contributed by atoms with van der Waals surface area (Å²) in [6.07, 6.45) is 0.514. The topological polar surface area (TPSA) is 81.1 Å². The first-order valence-corrected chi connectivity index (χ1v) is 11.7. The molecule has 1 N–H and O–H groups in total. The van der Waals surface area contributed by atoms with Crippen LogP contribution in [-0.4, -0.2) is 35.6 Å². The molecule has 1 fully saturated rings. The van der Waals surface area contributed by atoms with E-state index in [2.05, 4.69) is 10.4 Å². The van der Waals surface area contributed by atoms with E-state index < -0.39 is 9.84 Å². The van der Waals surface area contributed by atoms with Gasteiger partial charge in [0.2, 0.25) is 0 Å². The average molecular weight is 416 g/mol. The van der Waals surface area contributed by atoms with Crippen LogP contribution in [0.4, 0.5) is 5.69 Å². The standard InChI is InChI=1S/C20H21N3O3S2/c1-13-5-6-15(10-14(13)2)21-20(24)17-11-18(19-4-3-8-27-19)23(22-17)16-7-9-28(25,26)12-16/h3-6,8,10-11,16H,7,9,12H2,1-2H3,(H,21,24). The summed E-state index contributed by atoms with van der Waals surface area (Å²) in [6.45, 7) is 4.01. The Bertz CT molecular complexity index is 1130. The van der Waals surface area contributed by atoms with Gasteiger partial charge in [0.15, 0.2) is 15.5 Å². The van der Waals surface area contributed by atoms with Gasteiger partial charge < -0.3 is 5.32 Å². The van der Waals surface area contributed by atoms with Crippen molar-refractivity contribution >= 4 is 32.8 Å². The number of benzene rings is 1. The highest BCUT2D eigenvalue weighted by atomic mass is 32.2. The molecule has 1 aliphatic rings. The average Bonchev–Trinajstić information content (AvgIpc) is 3.36. The maximum Gasteiger partial charge on any atom is 0.276 e. The van der Waals surface area contributed by atoms with E-state index in [1.807, 2.05) is 49.6 Å². The number of hydrogen-bond acceptors (Lipinski definition) is 5. The number of hydrogen-bond donors (Lipinski definition) is 1. The lowest BCUT2D eigenvalue weighted by Crippen LogP contribution is -2.16. The molecule has 8 heteroatoms. The minimum absolute atomic E-state index is 0.0608. The second-order valence-corrected chi connectivity index (χ2v) is 10.3. The lowest BCUT2D eigenvalue weighted by molar-refractivity contribution is 0.102. The van der Waals surface area contributed by atoms with Gasteiger partial charge in [0.05, 0.1) is 28.1 Å². The predicted octanol–water partition coefficient (Wildman–Crippen LogP) is 3.84. The summed E-state index contributed by atoms with van der Waals surface area (Å²) in [4.78, 5) is 13.7. The molecule has 4 rings (SSSR count). The van der Waals surface area contributed by atoms with Gasteiger partial charge in [0.25, 0.3) is 5.91 Å². The van der Waals surface area contributed by atoms with Gasteiger partial charge in [0, 0.05) is 5.69 Å². The van der Waals surface area contributed by atoms with Crippen molar-refractivity contribution in [1.82, 2.24) is 9.78 Å². The lowest BCUT2D eigenvalue weighted by atomic mass is 10.1. The number of aromatic nitrogens is 2. The van der Waals surface area contributed by atoms with Gasteiger partial charge in [-0.3, -0.25) is 9.48 Å². The first kappa shape index (κ1) is 18.9. The van der Waals surface area contributed by atoms with Crippen LogP contribution >= 0.6 is 11.3 Å². The van der Waals surface area contributed by atoms with Crippen molar-refractivity contribution in [3.05, 3.63) is 58.6 Å². The van der Waals surface area contributed by atoms with Crippen LogP contribution in [0.15, 0.2) is 41.8 Å². The highest BCUT2D eigenvalue weighted by molar-refractivity contribution is 7.91. The fourth-order valence-electron chi connectivity index (χ4n) is 3.37. The van der Waals surface area contributed by atoms with Crippen molar-refractivity contribution in [2.45, 2.75) is 26.3 Å². The minimum Gasteiger partial charge on any atom is -0.321 e. The van der Waals surface area contributed by atoms with Crippen molar-refractivity contribution in [1.29, 1.82) is 0 Å². The molecule has 1 unspecified atom stereocenters. The third kappa shape index (κ3) is 3.74. The zero-order valence-corrected chi connectivity index (χ0v) is 17.3. The second-order valence-electron chi connectivity index (χ2n) is 7.15. The summed E-state index contributed by atoms with van der Waals surface area (Å²) in [7, 11) is -3.06. The Morgan fingerprint density at radius 1 is 1.21 bits per heavy atom. The van der Waals surface area contributed by atoms with Crippen LogP contribution < -0.4 is 5.32 Å². The van der Waals surface area contributed by atoms with Gasteiger partial charge in [0.1, 0.15) is 0 Å². The quantitative estimate of drug-likeness (QED) is 0.702. The molecular weight excluding hydrogens is 394 g/mol. The molecule has 6 nitrogen and oxygen atoms in total. The molecule has 0 saturated carbocycles. The molecule has 3 heterocycles. The minimum atomic E-state index is -3.06. The number of nitrogens with one attached hydrogen (secondary N) is 1. The number of anilines is 1. The largest absolute Gasteiger partial charge is 0.321 e. The fourth-order valence-corrected chi connectivity index (χ4v) is 5.80. The van der Waals surface area contributed by atoms with E-state index in [0.29, 0.717) is 12.1 Å². The number of carbonyl (C=O) groups is 1. The van der Waals surface area contributed by atoms with Gasteiger partial charge >= 0.3 is 0 Å². The van der Waals surface area contributed by atoms with Crippen LogP contribution in [0.1, 0.15) is 34.1 Å². The molecule has 0 spiro atoms. The first-order chi connectivity index (χ1) is 13.3. The molecule has 146 valence electrons. The van der Waals surface area contributed by atoms with Gasteiger partial charge in [-0.2, -0.15) is 5.10 Å². The van der Waals surface area contributed by atoms with E-state index in [1.54, 1.807) is 10.7 Å². The van der Waals surface area contributed by atoms with E-state index >= 15 is 0 Å². The summed E-state index contributed by atoms with van der Waals surface area (Å²) < 4.78 is 25.6. The van der Waals surface area contributed by atoms with Gasteiger partial charge in [-0.05, 0) is 61.0 Å². The molecule has 0 bridgehead atoms. The van der Waals surface area contributed by atoms with Crippen molar-refractivity contribution in [2.24, 2.45) is 0 Å².